The van der Waals surface area contributed by atoms with Crippen molar-refractivity contribution < 1.29 is 14.4 Å². The van der Waals surface area contributed by atoms with Gasteiger partial charge in [0.25, 0.3) is 5.91 Å². The van der Waals surface area contributed by atoms with Crippen LogP contribution in [0.1, 0.15) is 38.5 Å². The highest BCUT2D eigenvalue weighted by molar-refractivity contribution is 7.09. The number of thiophene rings is 1. The Bertz CT molecular complexity index is 872. The molecule has 1 atom stereocenters. The number of hydrogen-bond acceptors (Lipinski definition) is 4. The van der Waals surface area contributed by atoms with Crippen LogP contribution in [0, 0.1) is 5.41 Å². The third-order valence-electron chi connectivity index (χ3n) is 4.49. The third-order valence-corrected chi connectivity index (χ3v) is 5.61. The first kappa shape index (κ1) is 20.6. The Kier molecular flexibility index (Phi) is 5.91. The first-order valence-electron chi connectivity index (χ1n) is 9.10. The predicted octanol–water partition coefficient (Wildman–Crippen LogP) is 4.50. The van der Waals surface area contributed by atoms with Gasteiger partial charge in [0.1, 0.15) is 6.04 Å². The zero-order chi connectivity index (χ0) is 20.5. The molecule has 28 heavy (non-hydrogen) atoms. The Morgan fingerprint density at radius 1 is 1.21 bits per heavy atom. The lowest BCUT2D eigenvalue weighted by Gasteiger charge is -2.30. The van der Waals surface area contributed by atoms with E-state index < -0.39 is 6.04 Å². The van der Waals surface area contributed by atoms with Crippen LogP contribution in [0.4, 0.5) is 5.69 Å². The van der Waals surface area contributed by atoms with E-state index in [1.807, 2.05) is 38.3 Å². The molecule has 0 N–H and O–H groups in total. The van der Waals surface area contributed by atoms with Gasteiger partial charge in [-0.25, -0.2) is 4.90 Å². The second-order valence-electron chi connectivity index (χ2n) is 8.10. The fraction of sp³-hybridized carbons (Fsp3) is 0.381. The molecule has 1 aliphatic rings. The summed E-state index contributed by atoms with van der Waals surface area (Å²) < 4.78 is 0. The highest BCUT2D eigenvalue weighted by Gasteiger charge is 2.44. The fourth-order valence-corrected chi connectivity index (χ4v) is 4.05. The summed E-state index contributed by atoms with van der Waals surface area (Å²) in [6.45, 7) is 6.27. The number of imide groups is 1. The van der Waals surface area contributed by atoms with E-state index in [1.54, 1.807) is 29.2 Å². The molecule has 1 aromatic heterocycles. The highest BCUT2D eigenvalue weighted by Crippen LogP contribution is 2.30. The number of hydrogen-bond donors (Lipinski definition) is 0. The molecule has 1 saturated heterocycles. The summed E-state index contributed by atoms with van der Waals surface area (Å²) >= 11 is 7.44. The maximum atomic E-state index is 13.1. The van der Waals surface area contributed by atoms with Crippen molar-refractivity contribution in [2.24, 2.45) is 5.41 Å². The van der Waals surface area contributed by atoms with Crippen molar-refractivity contribution in [2.75, 3.05) is 4.90 Å². The van der Waals surface area contributed by atoms with E-state index in [9.17, 15) is 14.4 Å². The SMILES string of the molecule is CC(C)(C)CC(=O)N(Cc1cccs1)C1CC(=O)N(c2ccc(Cl)cc2)C1=O. The van der Waals surface area contributed by atoms with E-state index in [1.165, 1.54) is 11.3 Å². The van der Waals surface area contributed by atoms with Crippen molar-refractivity contribution >= 4 is 46.3 Å². The molecule has 7 heteroatoms. The molecule has 0 saturated carbocycles. The zero-order valence-corrected chi connectivity index (χ0v) is 17.7. The number of carbonyl (C=O) groups is 3. The molecule has 0 radical (unpaired) electrons. The maximum Gasteiger partial charge on any atom is 0.257 e. The third kappa shape index (κ3) is 4.62. The molecular formula is C21H23ClN2O3S. The van der Waals surface area contributed by atoms with Gasteiger partial charge in [-0.2, -0.15) is 0 Å². The van der Waals surface area contributed by atoms with E-state index in [4.69, 9.17) is 11.6 Å². The average Bonchev–Trinajstić information content (AvgIpc) is 3.20. The minimum Gasteiger partial charge on any atom is -0.325 e. The molecule has 2 aromatic rings. The smallest absolute Gasteiger partial charge is 0.257 e. The maximum absolute atomic E-state index is 13.1. The average molecular weight is 419 g/mol. The van der Waals surface area contributed by atoms with Crippen LogP contribution >= 0.6 is 22.9 Å². The molecule has 0 bridgehead atoms. The summed E-state index contributed by atoms with van der Waals surface area (Å²) in [4.78, 5) is 42.5. The number of rotatable bonds is 5. The van der Waals surface area contributed by atoms with Crippen LogP contribution in [0.5, 0.6) is 0 Å². The van der Waals surface area contributed by atoms with E-state index in [2.05, 4.69) is 0 Å². The van der Waals surface area contributed by atoms with Gasteiger partial charge in [-0.05, 0) is 41.1 Å². The number of carbonyl (C=O) groups excluding carboxylic acids is 3. The number of amides is 3. The molecule has 1 aromatic carbocycles. The second kappa shape index (κ2) is 8.05. The quantitative estimate of drug-likeness (QED) is 0.672. The summed E-state index contributed by atoms with van der Waals surface area (Å²) in [5, 5.41) is 2.46. The van der Waals surface area contributed by atoms with Crippen molar-refractivity contribution in [3.63, 3.8) is 0 Å². The van der Waals surface area contributed by atoms with Gasteiger partial charge in [0, 0.05) is 16.3 Å². The van der Waals surface area contributed by atoms with Crippen LogP contribution in [-0.4, -0.2) is 28.7 Å². The monoisotopic (exact) mass is 418 g/mol. The molecule has 1 unspecified atom stereocenters. The molecular weight excluding hydrogens is 396 g/mol. The molecule has 0 spiro atoms. The largest absolute Gasteiger partial charge is 0.325 e. The number of halogens is 1. The Hall–Kier alpha value is -2.18. The summed E-state index contributed by atoms with van der Waals surface area (Å²) in [6, 6.07) is 9.61. The number of nitrogens with zero attached hydrogens (tertiary/aromatic N) is 2. The zero-order valence-electron chi connectivity index (χ0n) is 16.1. The van der Waals surface area contributed by atoms with Gasteiger partial charge in [0.15, 0.2) is 0 Å². The first-order chi connectivity index (χ1) is 13.2. The van der Waals surface area contributed by atoms with Crippen LogP contribution in [0.3, 0.4) is 0 Å². The Labute approximate surface area is 173 Å². The molecule has 3 amide bonds. The van der Waals surface area contributed by atoms with Crippen molar-refractivity contribution in [2.45, 2.75) is 46.2 Å². The van der Waals surface area contributed by atoms with Gasteiger partial charge in [0.2, 0.25) is 11.8 Å². The van der Waals surface area contributed by atoms with Crippen LogP contribution in [0.15, 0.2) is 41.8 Å². The van der Waals surface area contributed by atoms with Gasteiger partial charge < -0.3 is 4.90 Å². The van der Waals surface area contributed by atoms with Gasteiger partial charge in [-0.15, -0.1) is 11.3 Å². The Balaban J connectivity index is 1.88. The standard InChI is InChI=1S/C21H23ClN2O3S/c1-21(2,3)12-19(26)23(13-16-5-4-10-28-16)17-11-18(25)24(20(17)27)15-8-6-14(22)7-9-15/h4-10,17H,11-13H2,1-3H3. The number of benzene rings is 1. The van der Waals surface area contributed by atoms with Crippen molar-refractivity contribution in [1.29, 1.82) is 0 Å². The van der Waals surface area contributed by atoms with Crippen molar-refractivity contribution in [3.8, 4) is 0 Å². The fourth-order valence-electron chi connectivity index (χ4n) is 3.22. The molecule has 1 fully saturated rings. The van der Waals surface area contributed by atoms with E-state index in [0.717, 1.165) is 9.78 Å². The molecule has 148 valence electrons. The van der Waals surface area contributed by atoms with E-state index in [-0.39, 0.29) is 29.6 Å². The van der Waals surface area contributed by atoms with E-state index in [0.29, 0.717) is 23.7 Å². The Morgan fingerprint density at radius 2 is 1.89 bits per heavy atom. The normalized spacial score (nSPS) is 17.3. The Morgan fingerprint density at radius 3 is 2.46 bits per heavy atom. The lowest BCUT2D eigenvalue weighted by molar-refractivity contribution is -0.140. The first-order valence-corrected chi connectivity index (χ1v) is 10.4. The minimum atomic E-state index is -0.792. The number of anilines is 1. The topological polar surface area (TPSA) is 57.7 Å². The van der Waals surface area contributed by atoms with Gasteiger partial charge in [0.05, 0.1) is 18.7 Å². The summed E-state index contributed by atoms with van der Waals surface area (Å²) in [5.41, 5.74) is 0.257. The molecule has 0 aliphatic carbocycles. The van der Waals surface area contributed by atoms with Gasteiger partial charge >= 0.3 is 0 Å². The summed E-state index contributed by atoms with van der Waals surface area (Å²) in [5.74, 6) is -0.798. The second-order valence-corrected chi connectivity index (χ2v) is 9.57. The van der Waals surface area contributed by atoms with Crippen LogP contribution in [0.25, 0.3) is 0 Å². The van der Waals surface area contributed by atoms with Crippen LogP contribution < -0.4 is 4.90 Å². The summed E-state index contributed by atoms with van der Waals surface area (Å²) in [6.07, 6.45) is 0.292. The van der Waals surface area contributed by atoms with Crippen molar-refractivity contribution in [3.05, 3.63) is 51.7 Å². The lowest BCUT2D eigenvalue weighted by Crippen LogP contribution is -2.45. The molecule has 5 nitrogen and oxygen atoms in total. The molecule has 3 rings (SSSR count). The van der Waals surface area contributed by atoms with E-state index >= 15 is 0 Å². The summed E-state index contributed by atoms with van der Waals surface area (Å²) in [7, 11) is 0. The van der Waals surface area contributed by atoms with Gasteiger partial charge in [-0.3, -0.25) is 14.4 Å². The predicted molar refractivity (Wildman–Crippen MR) is 111 cm³/mol. The van der Waals surface area contributed by atoms with Crippen molar-refractivity contribution in [1.82, 2.24) is 4.90 Å². The van der Waals surface area contributed by atoms with Gasteiger partial charge in [-0.1, -0.05) is 38.4 Å². The van der Waals surface area contributed by atoms with Crippen LogP contribution in [0.2, 0.25) is 5.02 Å². The molecule has 2 heterocycles. The molecule has 1 aliphatic heterocycles. The minimum absolute atomic E-state index is 0.0112. The lowest BCUT2D eigenvalue weighted by atomic mass is 9.91. The highest BCUT2D eigenvalue weighted by atomic mass is 35.5. The van der Waals surface area contributed by atoms with Crippen LogP contribution in [-0.2, 0) is 20.9 Å².